The Labute approximate surface area is 119 Å². The van der Waals surface area contributed by atoms with E-state index < -0.39 is 0 Å². The molecular weight excluding hydrogens is 256 g/mol. The minimum Gasteiger partial charge on any atom is -0.493 e. The van der Waals surface area contributed by atoms with Gasteiger partial charge in [0.05, 0.1) is 13.7 Å². The normalized spacial score (nSPS) is 16.1. The highest BCUT2D eigenvalue weighted by Crippen LogP contribution is 2.28. The maximum absolute atomic E-state index is 12.5. The maximum atomic E-state index is 12.5. The van der Waals surface area contributed by atoms with E-state index >= 15 is 0 Å². The number of methoxy groups -OCH3 is 1. The molecule has 0 radical (unpaired) electrons. The van der Waals surface area contributed by atoms with Gasteiger partial charge in [0, 0.05) is 24.7 Å². The van der Waals surface area contributed by atoms with Crippen molar-refractivity contribution in [3.05, 3.63) is 23.8 Å². The van der Waals surface area contributed by atoms with Gasteiger partial charge in [-0.1, -0.05) is 0 Å². The lowest BCUT2D eigenvalue weighted by Crippen LogP contribution is -2.42. The molecule has 0 aliphatic carbocycles. The Morgan fingerprint density at radius 2 is 2.05 bits per heavy atom. The number of carbonyl (C=O) groups is 1. The van der Waals surface area contributed by atoms with Gasteiger partial charge in [0.15, 0.2) is 11.5 Å². The van der Waals surface area contributed by atoms with Crippen LogP contribution in [0.2, 0.25) is 0 Å². The maximum Gasteiger partial charge on any atom is 0.253 e. The monoisotopic (exact) mass is 278 g/mol. The Bertz CT molecular complexity index is 468. The van der Waals surface area contributed by atoms with Gasteiger partial charge in [-0.3, -0.25) is 4.79 Å². The SMILES string of the molecule is CCOc1cc(C(=O)N2CCC(N)CC2)ccc1OC. The van der Waals surface area contributed by atoms with Crippen LogP contribution in [0.5, 0.6) is 11.5 Å². The molecule has 0 spiro atoms. The zero-order chi connectivity index (χ0) is 14.5. The molecule has 5 heteroatoms. The van der Waals surface area contributed by atoms with Crippen LogP contribution in [0.4, 0.5) is 0 Å². The van der Waals surface area contributed by atoms with Gasteiger partial charge < -0.3 is 20.1 Å². The van der Waals surface area contributed by atoms with Crippen molar-refractivity contribution < 1.29 is 14.3 Å². The average molecular weight is 278 g/mol. The van der Waals surface area contributed by atoms with Gasteiger partial charge >= 0.3 is 0 Å². The highest BCUT2D eigenvalue weighted by molar-refractivity contribution is 5.95. The van der Waals surface area contributed by atoms with Gasteiger partial charge in [0.25, 0.3) is 5.91 Å². The first-order chi connectivity index (χ1) is 9.65. The molecule has 1 heterocycles. The lowest BCUT2D eigenvalue weighted by molar-refractivity contribution is 0.0714. The summed E-state index contributed by atoms with van der Waals surface area (Å²) in [4.78, 5) is 14.3. The van der Waals surface area contributed by atoms with Crippen LogP contribution < -0.4 is 15.2 Å². The lowest BCUT2D eigenvalue weighted by atomic mass is 10.0. The van der Waals surface area contributed by atoms with Crippen LogP contribution in [0.25, 0.3) is 0 Å². The topological polar surface area (TPSA) is 64.8 Å². The van der Waals surface area contributed by atoms with Crippen LogP contribution in [0.3, 0.4) is 0 Å². The van der Waals surface area contributed by atoms with E-state index in [1.54, 1.807) is 25.3 Å². The van der Waals surface area contributed by atoms with Crippen molar-refractivity contribution in [2.45, 2.75) is 25.8 Å². The summed E-state index contributed by atoms with van der Waals surface area (Å²) in [6.07, 6.45) is 1.72. The van der Waals surface area contributed by atoms with Crippen LogP contribution in [-0.4, -0.2) is 43.7 Å². The number of piperidine rings is 1. The molecule has 2 rings (SSSR count). The van der Waals surface area contributed by atoms with Crippen molar-refractivity contribution >= 4 is 5.91 Å². The summed E-state index contributed by atoms with van der Waals surface area (Å²) < 4.78 is 10.7. The van der Waals surface area contributed by atoms with Crippen LogP contribution in [0.1, 0.15) is 30.1 Å². The van der Waals surface area contributed by atoms with Crippen LogP contribution in [0.15, 0.2) is 18.2 Å². The molecule has 0 aromatic heterocycles. The molecule has 2 N–H and O–H groups in total. The second-order valence-electron chi connectivity index (χ2n) is 4.93. The number of likely N-dealkylation sites (tertiary alicyclic amines) is 1. The van der Waals surface area contributed by atoms with Crippen molar-refractivity contribution in [3.63, 3.8) is 0 Å². The zero-order valence-corrected chi connectivity index (χ0v) is 12.1. The molecule has 110 valence electrons. The molecule has 1 aromatic rings. The molecule has 1 fully saturated rings. The number of rotatable bonds is 4. The summed E-state index contributed by atoms with van der Waals surface area (Å²) in [5.74, 6) is 1.28. The Balaban J connectivity index is 2.15. The fourth-order valence-electron chi connectivity index (χ4n) is 2.36. The molecule has 1 saturated heterocycles. The van der Waals surface area contributed by atoms with Crippen LogP contribution >= 0.6 is 0 Å². The van der Waals surface area contributed by atoms with Gasteiger partial charge in [-0.25, -0.2) is 0 Å². The Kier molecular flexibility index (Phi) is 4.84. The molecule has 0 bridgehead atoms. The van der Waals surface area contributed by atoms with E-state index in [1.807, 2.05) is 11.8 Å². The summed E-state index contributed by atoms with van der Waals surface area (Å²) >= 11 is 0. The Morgan fingerprint density at radius 1 is 1.35 bits per heavy atom. The molecule has 1 aromatic carbocycles. The summed E-state index contributed by atoms with van der Waals surface area (Å²) in [6, 6.07) is 5.51. The van der Waals surface area contributed by atoms with E-state index in [2.05, 4.69) is 0 Å². The van der Waals surface area contributed by atoms with E-state index in [0.717, 1.165) is 25.9 Å². The van der Waals surface area contributed by atoms with Crippen LogP contribution in [-0.2, 0) is 0 Å². The summed E-state index contributed by atoms with van der Waals surface area (Å²) in [7, 11) is 1.59. The number of amides is 1. The summed E-state index contributed by atoms with van der Waals surface area (Å²) in [5, 5.41) is 0. The smallest absolute Gasteiger partial charge is 0.253 e. The van der Waals surface area contributed by atoms with Gasteiger partial charge in [-0.15, -0.1) is 0 Å². The molecule has 1 aliphatic heterocycles. The van der Waals surface area contributed by atoms with Crippen molar-refractivity contribution in [3.8, 4) is 11.5 Å². The van der Waals surface area contributed by atoms with Gasteiger partial charge in [-0.05, 0) is 38.0 Å². The number of benzene rings is 1. The predicted molar refractivity (Wildman–Crippen MR) is 77.3 cm³/mol. The summed E-state index contributed by atoms with van der Waals surface area (Å²) in [5.41, 5.74) is 6.49. The van der Waals surface area contributed by atoms with Crippen LogP contribution in [0, 0.1) is 0 Å². The van der Waals surface area contributed by atoms with Crippen molar-refractivity contribution in [1.82, 2.24) is 4.90 Å². The van der Waals surface area contributed by atoms with E-state index in [4.69, 9.17) is 15.2 Å². The van der Waals surface area contributed by atoms with E-state index in [9.17, 15) is 4.79 Å². The molecule has 1 amide bonds. The Hall–Kier alpha value is -1.75. The largest absolute Gasteiger partial charge is 0.493 e. The van der Waals surface area contributed by atoms with Gasteiger partial charge in [0.1, 0.15) is 0 Å². The minimum atomic E-state index is 0.0282. The standard InChI is InChI=1S/C15H22N2O3/c1-3-20-14-10-11(4-5-13(14)19-2)15(18)17-8-6-12(16)7-9-17/h4-5,10,12H,3,6-9,16H2,1-2H3. The van der Waals surface area contributed by atoms with E-state index in [0.29, 0.717) is 23.7 Å². The third kappa shape index (κ3) is 3.22. The second-order valence-corrected chi connectivity index (χ2v) is 4.93. The number of hydrogen-bond donors (Lipinski definition) is 1. The quantitative estimate of drug-likeness (QED) is 0.909. The molecule has 5 nitrogen and oxygen atoms in total. The first-order valence-electron chi connectivity index (χ1n) is 7.01. The number of carbonyl (C=O) groups excluding carboxylic acids is 1. The molecule has 0 atom stereocenters. The molecule has 0 saturated carbocycles. The first-order valence-corrected chi connectivity index (χ1v) is 7.01. The molecular formula is C15H22N2O3. The average Bonchev–Trinajstić information content (AvgIpc) is 2.47. The predicted octanol–water partition coefficient (Wildman–Crippen LogP) is 1.66. The number of nitrogens with two attached hydrogens (primary N) is 1. The van der Waals surface area contributed by atoms with Crippen molar-refractivity contribution in [2.75, 3.05) is 26.8 Å². The molecule has 20 heavy (non-hydrogen) atoms. The van der Waals surface area contributed by atoms with Gasteiger partial charge in [0.2, 0.25) is 0 Å². The van der Waals surface area contributed by atoms with Crippen molar-refractivity contribution in [1.29, 1.82) is 0 Å². The zero-order valence-electron chi connectivity index (χ0n) is 12.1. The highest BCUT2D eigenvalue weighted by atomic mass is 16.5. The molecule has 0 unspecified atom stereocenters. The lowest BCUT2D eigenvalue weighted by Gasteiger charge is -2.30. The number of hydrogen-bond acceptors (Lipinski definition) is 4. The summed E-state index contributed by atoms with van der Waals surface area (Å²) in [6.45, 7) is 3.87. The number of ether oxygens (including phenoxy) is 2. The minimum absolute atomic E-state index is 0.0282. The van der Waals surface area contributed by atoms with Crippen molar-refractivity contribution in [2.24, 2.45) is 5.73 Å². The third-order valence-electron chi connectivity index (χ3n) is 3.54. The first kappa shape index (κ1) is 14.7. The number of nitrogens with zero attached hydrogens (tertiary/aromatic N) is 1. The fourth-order valence-corrected chi connectivity index (χ4v) is 2.36. The van der Waals surface area contributed by atoms with E-state index in [-0.39, 0.29) is 11.9 Å². The van der Waals surface area contributed by atoms with Gasteiger partial charge in [-0.2, -0.15) is 0 Å². The molecule has 1 aliphatic rings. The second kappa shape index (κ2) is 6.61. The Morgan fingerprint density at radius 3 is 2.65 bits per heavy atom. The van der Waals surface area contributed by atoms with E-state index in [1.165, 1.54) is 0 Å². The highest BCUT2D eigenvalue weighted by Gasteiger charge is 2.22. The third-order valence-corrected chi connectivity index (χ3v) is 3.54. The fraction of sp³-hybridized carbons (Fsp3) is 0.533.